The van der Waals surface area contributed by atoms with Crippen LogP contribution in [0.3, 0.4) is 0 Å². The average Bonchev–Trinajstić information content (AvgIpc) is 3.01. The van der Waals surface area contributed by atoms with Crippen molar-refractivity contribution in [2.75, 3.05) is 6.61 Å². The highest BCUT2D eigenvalue weighted by Gasteiger charge is 2.26. The molecular weight excluding hydrogens is 625 g/mol. The third-order valence-corrected chi connectivity index (χ3v) is 9.94. The Morgan fingerprint density at radius 3 is 1.87 bits per heavy atom. The van der Waals surface area contributed by atoms with Crippen LogP contribution in [0.5, 0.6) is 0 Å². The fourth-order valence-electron chi connectivity index (χ4n) is 4.95. The van der Waals surface area contributed by atoms with Gasteiger partial charge in [0.15, 0.2) is 0 Å². The average molecular weight is 663 g/mol. The fraction of sp³-hybridized carbons (Fsp3) is 0.250. The van der Waals surface area contributed by atoms with Crippen molar-refractivity contribution in [2.45, 2.75) is 50.4 Å². The molecule has 0 spiro atoms. The van der Waals surface area contributed by atoms with E-state index in [4.69, 9.17) is 32.7 Å². The summed E-state index contributed by atoms with van der Waals surface area (Å²) in [7, 11) is -0.739. The molecule has 0 radical (unpaired) electrons. The SMILES string of the molecule is CC(C)(C)OC(=O)c1ccc(C[C@H](NC(=O)c2c(Cl)cccc2Cl)C(=O)OCC[SiH2]C(c2ccccc2)c2ccccc2)cc1. The predicted molar refractivity (Wildman–Crippen MR) is 182 cm³/mol. The van der Waals surface area contributed by atoms with Crippen molar-refractivity contribution in [1.82, 2.24) is 5.32 Å². The van der Waals surface area contributed by atoms with E-state index in [2.05, 4.69) is 29.6 Å². The van der Waals surface area contributed by atoms with Crippen LogP contribution in [-0.2, 0) is 20.7 Å². The molecule has 0 saturated carbocycles. The van der Waals surface area contributed by atoms with Gasteiger partial charge >= 0.3 is 11.9 Å². The summed E-state index contributed by atoms with van der Waals surface area (Å²) in [5.74, 6) is -1.59. The topological polar surface area (TPSA) is 81.7 Å². The van der Waals surface area contributed by atoms with Gasteiger partial charge in [0.05, 0.1) is 27.8 Å². The summed E-state index contributed by atoms with van der Waals surface area (Å²) in [6, 6.07) is 31.9. The van der Waals surface area contributed by atoms with E-state index < -0.39 is 39.0 Å². The van der Waals surface area contributed by atoms with E-state index in [0.29, 0.717) is 5.56 Å². The minimum atomic E-state index is -1.02. The number of carbonyl (C=O) groups excluding carboxylic acids is 3. The van der Waals surface area contributed by atoms with Gasteiger partial charge in [-0.2, -0.15) is 0 Å². The monoisotopic (exact) mass is 661 g/mol. The normalized spacial score (nSPS) is 12.2. The minimum Gasteiger partial charge on any atom is -0.464 e. The lowest BCUT2D eigenvalue weighted by Crippen LogP contribution is -2.43. The molecule has 0 unspecified atom stereocenters. The number of rotatable bonds is 12. The van der Waals surface area contributed by atoms with Crippen LogP contribution in [0, 0.1) is 0 Å². The molecule has 1 atom stereocenters. The van der Waals surface area contributed by atoms with Gasteiger partial charge in [0.2, 0.25) is 0 Å². The van der Waals surface area contributed by atoms with Crippen molar-refractivity contribution in [2.24, 2.45) is 0 Å². The maximum atomic E-state index is 13.4. The summed E-state index contributed by atoms with van der Waals surface area (Å²) < 4.78 is 11.2. The van der Waals surface area contributed by atoms with Gasteiger partial charge in [-0.3, -0.25) is 4.79 Å². The molecule has 0 saturated heterocycles. The van der Waals surface area contributed by atoms with Crippen LogP contribution in [0.15, 0.2) is 103 Å². The van der Waals surface area contributed by atoms with Crippen LogP contribution in [0.25, 0.3) is 0 Å². The molecule has 45 heavy (non-hydrogen) atoms. The summed E-state index contributed by atoms with van der Waals surface area (Å²) >= 11 is 12.5. The molecule has 0 heterocycles. The molecule has 234 valence electrons. The maximum absolute atomic E-state index is 13.4. The first-order valence-electron chi connectivity index (χ1n) is 14.9. The van der Waals surface area contributed by atoms with Crippen molar-refractivity contribution in [1.29, 1.82) is 0 Å². The van der Waals surface area contributed by atoms with Gasteiger partial charge in [-0.1, -0.05) is 102 Å². The molecule has 0 aliphatic heterocycles. The minimum absolute atomic E-state index is 0.0832. The van der Waals surface area contributed by atoms with E-state index >= 15 is 0 Å². The second-order valence-corrected chi connectivity index (χ2v) is 14.6. The lowest BCUT2D eigenvalue weighted by Gasteiger charge is -2.21. The maximum Gasteiger partial charge on any atom is 0.338 e. The molecular formula is C36H37Cl2NO5Si. The smallest absolute Gasteiger partial charge is 0.338 e. The zero-order chi connectivity index (χ0) is 32.4. The zero-order valence-electron chi connectivity index (χ0n) is 25.6. The largest absolute Gasteiger partial charge is 0.464 e. The first-order chi connectivity index (χ1) is 21.5. The summed E-state index contributed by atoms with van der Waals surface area (Å²) in [6.07, 6.45) is 0.134. The van der Waals surface area contributed by atoms with Crippen molar-refractivity contribution < 1.29 is 23.9 Å². The first kappa shape index (κ1) is 34.0. The molecule has 4 aromatic carbocycles. The van der Waals surface area contributed by atoms with Crippen molar-refractivity contribution >= 4 is 50.6 Å². The van der Waals surface area contributed by atoms with E-state index in [9.17, 15) is 14.4 Å². The second kappa shape index (κ2) is 15.9. The van der Waals surface area contributed by atoms with Crippen molar-refractivity contribution in [3.63, 3.8) is 0 Å². The summed E-state index contributed by atoms with van der Waals surface area (Å²) in [4.78, 5) is 39.2. The molecule has 0 aromatic heterocycles. The Labute approximate surface area is 276 Å². The quantitative estimate of drug-likeness (QED) is 0.0986. The van der Waals surface area contributed by atoms with Gasteiger partial charge in [-0.25, -0.2) is 9.59 Å². The summed E-state index contributed by atoms with van der Waals surface area (Å²) in [5.41, 5.74) is 3.34. The van der Waals surface area contributed by atoms with E-state index in [1.807, 2.05) is 36.4 Å². The Morgan fingerprint density at radius 1 is 0.778 bits per heavy atom. The Bertz CT molecular complexity index is 1530. The second-order valence-electron chi connectivity index (χ2n) is 11.7. The lowest BCUT2D eigenvalue weighted by atomic mass is 10.0. The van der Waals surface area contributed by atoms with E-state index in [-0.39, 0.29) is 34.2 Å². The molecule has 1 N–H and O–H groups in total. The van der Waals surface area contributed by atoms with Crippen LogP contribution in [0.1, 0.15) is 63.7 Å². The van der Waals surface area contributed by atoms with Crippen LogP contribution >= 0.6 is 23.2 Å². The number of amides is 1. The van der Waals surface area contributed by atoms with E-state index in [1.165, 1.54) is 11.1 Å². The number of hydrogen-bond donors (Lipinski definition) is 1. The Hall–Kier alpha value is -3.91. The van der Waals surface area contributed by atoms with E-state index in [1.54, 1.807) is 63.2 Å². The Balaban J connectivity index is 1.46. The predicted octanol–water partition coefficient (Wildman–Crippen LogP) is 7.21. The van der Waals surface area contributed by atoms with Gasteiger partial charge < -0.3 is 14.8 Å². The third kappa shape index (κ3) is 10.0. The molecule has 4 rings (SSSR count). The molecule has 1 amide bonds. The highest BCUT2D eigenvalue weighted by molar-refractivity contribution is 6.40. The van der Waals surface area contributed by atoms with E-state index in [0.717, 1.165) is 11.6 Å². The van der Waals surface area contributed by atoms with Crippen LogP contribution in [0.4, 0.5) is 0 Å². The third-order valence-electron chi connectivity index (χ3n) is 7.09. The van der Waals surface area contributed by atoms with Crippen molar-refractivity contribution in [3.05, 3.63) is 141 Å². The molecule has 0 bridgehead atoms. The lowest BCUT2D eigenvalue weighted by molar-refractivity contribution is -0.145. The molecule has 4 aromatic rings. The van der Waals surface area contributed by atoms with Crippen molar-refractivity contribution in [3.8, 4) is 0 Å². The number of halogens is 2. The number of esters is 2. The Kier molecular flexibility index (Phi) is 12.0. The number of carbonyl (C=O) groups is 3. The van der Waals surface area contributed by atoms with Crippen LogP contribution in [-0.4, -0.2) is 45.6 Å². The van der Waals surface area contributed by atoms with Gasteiger partial charge in [0, 0.05) is 15.9 Å². The molecule has 0 aliphatic carbocycles. The first-order valence-corrected chi connectivity index (χ1v) is 17.4. The standard InChI is InChI=1S/C36H37Cl2NO5Si/c1-36(2,3)44-34(41)27-19-17-24(18-20-27)23-30(39-33(40)31-28(37)15-10-16-29(31)38)35(42)43-21-22-45-32(25-11-6-4-7-12-25)26-13-8-5-9-14-26/h4-20,30,32H,21-23,45H2,1-3H3,(H,39,40)/t30-/m0/s1. The highest BCUT2D eigenvalue weighted by Crippen LogP contribution is 2.26. The Morgan fingerprint density at radius 2 is 1.33 bits per heavy atom. The number of hydrogen-bond acceptors (Lipinski definition) is 5. The molecule has 0 aliphatic rings. The fourth-order valence-corrected chi connectivity index (χ4v) is 7.44. The van der Waals surface area contributed by atoms with Crippen LogP contribution < -0.4 is 5.32 Å². The van der Waals surface area contributed by atoms with Gasteiger partial charge in [-0.15, -0.1) is 0 Å². The summed E-state index contributed by atoms with van der Waals surface area (Å²) in [5, 5.41) is 3.12. The number of benzene rings is 4. The van der Waals surface area contributed by atoms with Gasteiger partial charge in [0.1, 0.15) is 11.6 Å². The number of nitrogens with one attached hydrogen (secondary N) is 1. The number of ether oxygens (including phenoxy) is 2. The molecule has 6 nitrogen and oxygen atoms in total. The van der Waals surface area contributed by atoms with Gasteiger partial charge in [-0.05, 0) is 73.3 Å². The molecule has 0 fully saturated rings. The molecule has 9 heteroatoms. The zero-order valence-corrected chi connectivity index (χ0v) is 28.5. The summed E-state index contributed by atoms with van der Waals surface area (Å²) in [6.45, 7) is 5.64. The highest BCUT2D eigenvalue weighted by atomic mass is 35.5. The van der Waals surface area contributed by atoms with Gasteiger partial charge in [0.25, 0.3) is 5.91 Å². The van der Waals surface area contributed by atoms with Crippen LogP contribution in [0.2, 0.25) is 16.1 Å².